The lowest BCUT2D eigenvalue weighted by atomic mass is 10.0. The Bertz CT molecular complexity index is 551. The third kappa shape index (κ3) is 3.14. The molecular formula is C15H20N2OS. The minimum Gasteiger partial charge on any atom is -0.494 e. The summed E-state index contributed by atoms with van der Waals surface area (Å²) in [6, 6.07) is 8.42. The van der Waals surface area contributed by atoms with Crippen LogP contribution < -0.4 is 10.1 Å². The van der Waals surface area contributed by atoms with Crippen LogP contribution in [0.3, 0.4) is 0 Å². The Hall–Kier alpha value is -1.39. The van der Waals surface area contributed by atoms with Gasteiger partial charge in [0.2, 0.25) is 0 Å². The number of aryl methyl sites for hydroxylation is 2. The summed E-state index contributed by atoms with van der Waals surface area (Å²) in [4.78, 5) is 5.78. The second kappa shape index (κ2) is 6.17. The number of ether oxygens (including phenoxy) is 1. The van der Waals surface area contributed by atoms with Crippen molar-refractivity contribution in [1.82, 2.24) is 10.3 Å². The average molecular weight is 276 g/mol. The molecule has 0 saturated carbocycles. The van der Waals surface area contributed by atoms with Gasteiger partial charge in [0.25, 0.3) is 0 Å². The van der Waals surface area contributed by atoms with Crippen LogP contribution in [0, 0.1) is 13.8 Å². The lowest BCUT2D eigenvalue weighted by Crippen LogP contribution is -2.17. The van der Waals surface area contributed by atoms with Gasteiger partial charge in [-0.2, -0.15) is 0 Å². The van der Waals surface area contributed by atoms with Crippen LogP contribution in [0.15, 0.2) is 24.3 Å². The van der Waals surface area contributed by atoms with Gasteiger partial charge in [-0.15, -0.1) is 11.3 Å². The maximum Gasteiger partial charge on any atom is 0.119 e. The molecule has 1 heterocycles. The summed E-state index contributed by atoms with van der Waals surface area (Å²) in [6.07, 6.45) is 0. The monoisotopic (exact) mass is 276 g/mol. The van der Waals surface area contributed by atoms with Crippen molar-refractivity contribution in [1.29, 1.82) is 0 Å². The lowest BCUT2D eigenvalue weighted by Gasteiger charge is -2.16. The third-order valence-corrected chi connectivity index (χ3v) is 4.13. The van der Waals surface area contributed by atoms with E-state index in [2.05, 4.69) is 29.4 Å². The Labute approximate surface area is 118 Å². The summed E-state index contributed by atoms with van der Waals surface area (Å²) in [5.74, 6) is 0.916. The Balaban J connectivity index is 2.36. The molecule has 19 heavy (non-hydrogen) atoms. The average Bonchev–Trinajstić information content (AvgIpc) is 2.71. The van der Waals surface area contributed by atoms with Gasteiger partial charge in [-0.05, 0) is 45.5 Å². The molecule has 0 fully saturated rings. The van der Waals surface area contributed by atoms with Crippen molar-refractivity contribution in [2.75, 3.05) is 13.7 Å². The van der Waals surface area contributed by atoms with E-state index in [9.17, 15) is 0 Å². The first-order valence-electron chi connectivity index (χ1n) is 6.49. The standard InChI is InChI=1S/C15H20N2OS/c1-5-18-13-8-6-7-12(9-13)14(16-4)15-10(2)17-11(3)19-15/h6-9,14,16H,5H2,1-4H3. The fourth-order valence-electron chi connectivity index (χ4n) is 2.21. The number of benzene rings is 1. The van der Waals surface area contributed by atoms with Crippen LogP contribution in [0.2, 0.25) is 0 Å². The zero-order chi connectivity index (χ0) is 13.8. The molecule has 0 bridgehead atoms. The normalized spacial score (nSPS) is 12.4. The summed E-state index contributed by atoms with van der Waals surface area (Å²) in [7, 11) is 1.98. The predicted molar refractivity (Wildman–Crippen MR) is 80.1 cm³/mol. The molecule has 0 radical (unpaired) electrons. The minimum atomic E-state index is 0.173. The Morgan fingerprint density at radius 3 is 2.74 bits per heavy atom. The van der Waals surface area contributed by atoms with Gasteiger partial charge in [0.1, 0.15) is 5.75 Å². The van der Waals surface area contributed by atoms with E-state index < -0.39 is 0 Å². The Morgan fingerprint density at radius 2 is 2.16 bits per heavy atom. The molecule has 1 N–H and O–H groups in total. The van der Waals surface area contributed by atoms with E-state index in [1.165, 1.54) is 10.4 Å². The van der Waals surface area contributed by atoms with E-state index in [4.69, 9.17) is 4.74 Å². The molecule has 1 atom stereocenters. The number of hydrogen-bond acceptors (Lipinski definition) is 4. The minimum absolute atomic E-state index is 0.173. The molecule has 0 spiro atoms. The van der Waals surface area contributed by atoms with Gasteiger partial charge in [0, 0.05) is 4.88 Å². The highest BCUT2D eigenvalue weighted by Crippen LogP contribution is 2.31. The van der Waals surface area contributed by atoms with E-state index >= 15 is 0 Å². The van der Waals surface area contributed by atoms with Crippen LogP contribution >= 0.6 is 11.3 Å². The molecule has 0 amide bonds. The molecule has 1 aromatic carbocycles. The zero-order valence-corrected chi connectivity index (χ0v) is 12.7. The quantitative estimate of drug-likeness (QED) is 0.908. The predicted octanol–water partition coefficient (Wildman–Crippen LogP) is 3.47. The van der Waals surface area contributed by atoms with E-state index in [1.54, 1.807) is 11.3 Å². The van der Waals surface area contributed by atoms with Crippen LogP contribution in [0.25, 0.3) is 0 Å². The molecule has 3 nitrogen and oxygen atoms in total. The van der Waals surface area contributed by atoms with Crippen molar-refractivity contribution >= 4 is 11.3 Å². The molecule has 2 rings (SSSR count). The summed E-state index contributed by atoms with van der Waals surface area (Å²) in [5, 5.41) is 4.48. The molecular weight excluding hydrogens is 256 g/mol. The van der Waals surface area contributed by atoms with Gasteiger partial charge in [-0.3, -0.25) is 0 Å². The van der Waals surface area contributed by atoms with Gasteiger partial charge >= 0.3 is 0 Å². The molecule has 0 saturated heterocycles. The lowest BCUT2D eigenvalue weighted by molar-refractivity contribution is 0.339. The Kier molecular flexibility index (Phi) is 4.56. The molecule has 0 aliphatic rings. The van der Waals surface area contributed by atoms with E-state index in [0.29, 0.717) is 6.61 Å². The van der Waals surface area contributed by atoms with E-state index in [-0.39, 0.29) is 6.04 Å². The molecule has 0 aliphatic heterocycles. The SMILES string of the molecule is CCOc1cccc(C(NC)c2sc(C)nc2C)c1. The van der Waals surface area contributed by atoms with E-state index in [0.717, 1.165) is 16.5 Å². The van der Waals surface area contributed by atoms with Crippen molar-refractivity contribution in [3.63, 3.8) is 0 Å². The summed E-state index contributed by atoms with van der Waals surface area (Å²) in [5.41, 5.74) is 2.31. The van der Waals surface area contributed by atoms with Crippen LogP contribution in [0.5, 0.6) is 5.75 Å². The maximum atomic E-state index is 5.57. The van der Waals surface area contributed by atoms with E-state index in [1.807, 2.05) is 33.0 Å². The highest BCUT2D eigenvalue weighted by Gasteiger charge is 2.18. The van der Waals surface area contributed by atoms with Crippen molar-refractivity contribution < 1.29 is 4.74 Å². The highest BCUT2D eigenvalue weighted by molar-refractivity contribution is 7.11. The molecule has 0 aliphatic carbocycles. The largest absolute Gasteiger partial charge is 0.494 e. The number of nitrogens with one attached hydrogen (secondary N) is 1. The van der Waals surface area contributed by atoms with Crippen LogP contribution in [-0.4, -0.2) is 18.6 Å². The third-order valence-electron chi connectivity index (χ3n) is 2.99. The second-order valence-corrected chi connectivity index (χ2v) is 5.64. The molecule has 1 unspecified atom stereocenters. The van der Waals surface area contributed by atoms with Crippen LogP contribution in [-0.2, 0) is 0 Å². The smallest absolute Gasteiger partial charge is 0.119 e. The van der Waals surface area contributed by atoms with Crippen molar-refractivity contribution in [3.8, 4) is 5.75 Å². The zero-order valence-electron chi connectivity index (χ0n) is 11.9. The topological polar surface area (TPSA) is 34.1 Å². The van der Waals surface area contributed by atoms with Crippen LogP contribution in [0.1, 0.15) is 34.1 Å². The number of thiazole rings is 1. The highest BCUT2D eigenvalue weighted by atomic mass is 32.1. The van der Waals surface area contributed by atoms with Gasteiger partial charge in [-0.25, -0.2) is 4.98 Å². The van der Waals surface area contributed by atoms with Gasteiger partial charge in [-0.1, -0.05) is 12.1 Å². The fraction of sp³-hybridized carbons (Fsp3) is 0.400. The van der Waals surface area contributed by atoms with Crippen molar-refractivity contribution in [3.05, 3.63) is 45.4 Å². The second-order valence-electron chi connectivity index (χ2n) is 4.41. The first-order chi connectivity index (χ1) is 9.15. The fourth-order valence-corrected chi connectivity index (χ4v) is 3.28. The first-order valence-corrected chi connectivity index (χ1v) is 7.31. The maximum absolute atomic E-state index is 5.57. The summed E-state index contributed by atoms with van der Waals surface area (Å²) < 4.78 is 5.57. The molecule has 1 aromatic heterocycles. The van der Waals surface area contributed by atoms with Gasteiger partial charge in [0.15, 0.2) is 0 Å². The number of nitrogens with zero attached hydrogens (tertiary/aromatic N) is 1. The Morgan fingerprint density at radius 1 is 1.37 bits per heavy atom. The number of hydrogen-bond donors (Lipinski definition) is 1. The summed E-state index contributed by atoms with van der Waals surface area (Å²) in [6.45, 7) is 6.80. The van der Waals surface area contributed by atoms with Gasteiger partial charge < -0.3 is 10.1 Å². The van der Waals surface area contributed by atoms with Crippen LogP contribution in [0.4, 0.5) is 0 Å². The molecule has 4 heteroatoms. The number of aromatic nitrogens is 1. The van der Waals surface area contributed by atoms with Gasteiger partial charge in [0.05, 0.1) is 23.4 Å². The van der Waals surface area contributed by atoms with Crippen molar-refractivity contribution in [2.45, 2.75) is 26.8 Å². The molecule has 102 valence electrons. The first kappa shape index (κ1) is 14.0. The number of rotatable bonds is 5. The van der Waals surface area contributed by atoms with Crippen molar-refractivity contribution in [2.24, 2.45) is 0 Å². The summed E-state index contributed by atoms with van der Waals surface area (Å²) >= 11 is 1.75. The molecule has 2 aromatic rings.